The fraction of sp³-hybridized carbons (Fsp3) is 0.571. The molecule has 1 aromatic rings. The Morgan fingerprint density at radius 1 is 1.44 bits per heavy atom. The van der Waals surface area contributed by atoms with Gasteiger partial charge in [0.1, 0.15) is 17.7 Å². The highest BCUT2D eigenvalue weighted by Gasteiger charge is 2.41. The molecule has 0 amide bonds. The molecule has 0 aromatic heterocycles. The van der Waals surface area contributed by atoms with E-state index in [2.05, 4.69) is 5.32 Å². The minimum Gasteiger partial charge on any atom is -0.488 e. The molecule has 1 heterocycles. The van der Waals surface area contributed by atoms with Crippen molar-refractivity contribution in [1.82, 2.24) is 5.32 Å². The van der Waals surface area contributed by atoms with Crippen LogP contribution in [-0.4, -0.2) is 30.9 Å². The first-order valence-corrected chi connectivity index (χ1v) is 6.47. The number of benzene rings is 1. The topological polar surface area (TPSA) is 41.5 Å². The summed E-state index contributed by atoms with van der Waals surface area (Å²) in [6.45, 7) is 1.85. The fourth-order valence-electron chi connectivity index (χ4n) is 2.47. The molecule has 4 heteroatoms. The molecule has 0 spiro atoms. The summed E-state index contributed by atoms with van der Waals surface area (Å²) >= 11 is 0. The van der Waals surface area contributed by atoms with E-state index in [9.17, 15) is 9.50 Å². The summed E-state index contributed by atoms with van der Waals surface area (Å²) < 4.78 is 18.8. The fourth-order valence-corrected chi connectivity index (χ4v) is 2.47. The van der Waals surface area contributed by atoms with Gasteiger partial charge in [0.2, 0.25) is 0 Å². The van der Waals surface area contributed by atoms with Gasteiger partial charge >= 0.3 is 0 Å². The zero-order valence-electron chi connectivity index (χ0n) is 10.3. The first kappa shape index (κ1) is 11.9. The standard InChI is InChI=1S/C14H18FNO2/c15-11-1-2-13-10(5-11)6-12(18-13)7-16-8-14(9-17)3-4-14/h1-2,5,12,16-17H,3-4,6-9H2. The lowest BCUT2D eigenvalue weighted by molar-refractivity contribution is 0.191. The Labute approximate surface area is 106 Å². The molecule has 1 fully saturated rings. The van der Waals surface area contributed by atoms with E-state index < -0.39 is 0 Å². The number of aliphatic hydroxyl groups excluding tert-OH is 1. The van der Waals surface area contributed by atoms with Crippen molar-refractivity contribution in [2.45, 2.75) is 25.4 Å². The minimum atomic E-state index is -0.205. The van der Waals surface area contributed by atoms with E-state index >= 15 is 0 Å². The van der Waals surface area contributed by atoms with Crippen molar-refractivity contribution in [2.24, 2.45) is 5.41 Å². The van der Waals surface area contributed by atoms with Crippen molar-refractivity contribution in [3.8, 4) is 5.75 Å². The van der Waals surface area contributed by atoms with Gasteiger partial charge in [0.25, 0.3) is 0 Å². The number of halogens is 1. The van der Waals surface area contributed by atoms with Gasteiger partial charge in [0.15, 0.2) is 0 Å². The SMILES string of the molecule is OCC1(CNCC2Cc3cc(F)ccc3O2)CC1. The van der Waals surface area contributed by atoms with E-state index in [0.29, 0.717) is 0 Å². The third-order valence-electron chi connectivity index (χ3n) is 3.93. The quantitative estimate of drug-likeness (QED) is 0.833. The van der Waals surface area contributed by atoms with Gasteiger partial charge in [-0.05, 0) is 31.0 Å². The van der Waals surface area contributed by atoms with E-state index in [-0.39, 0.29) is 23.9 Å². The molecular weight excluding hydrogens is 233 g/mol. The average molecular weight is 251 g/mol. The van der Waals surface area contributed by atoms with Crippen LogP contribution in [0.4, 0.5) is 4.39 Å². The van der Waals surface area contributed by atoms with Crippen LogP contribution in [0.3, 0.4) is 0 Å². The smallest absolute Gasteiger partial charge is 0.123 e. The third kappa shape index (κ3) is 2.35. The number of nitrogens with one attached hydrogen (secondary N) is 1. The molecule has 1 atom stereocenters. The number of hydrogen-bond donors (Lipinski definition) is 2. The van der Waals surface area contributed by atoms with Gasteiger partial charge in [0.05, 0.1) is 0 Å². The van der Waals surface area contributed by atoms with E-state index in [1.807, 2.05) is 0 Å². The first-order valence-electron chi connectivity index (χ1n) is 6.47. The first-order chi connectivity index (χ1) is 8.71. The molecule has 98 valence electrons. The van der Waals surface area contributed by atoms with Crippen LogP contribution in [0.1, 0.15) is 18.4 Å². The Kier molecular flexibility index (Phi) is 2.99. The van der Waals surface area contributed by atoms with E-state index in [0.717, 1.165) is 43.7 Å². The molecule has 0 saturated heterocycles. The second-order valence-corrected chi connectivity index (χ2v) is 5.49. The highest BCUT2D eigenvalue weighted by atomic mass is 19.1. The maximum atomic E-state index is 13.1. The highest BCUT2D eigenvalue weighted by Crippen LogP contribution is 2.44. The van der Waals surface area contributed by atoms with Gasteiger partial charge in [-0.3, -0.25) is 0 Å². The number of aliphatic hydroxyl groups is 1. The molecule has 2 N–H and O–H groups in total. The molecule has 2 aliphatic rings. The lowest BCUT2D eigenvalue weighted by Crippen LogP contribution is -2.35. The number of rotatable bonds is 5. The summed E-state index contributed by atoms with van der Waals surface area (Å²) in [6, 6.07) is 4.67. The Morgan fingerprint density at radius 2 is 2.28 bits per heavy atom. The molecule has 0 radical (unpaired) electrons. The highest BCUT2D eigenvalue weighted by molar-refractivity contribution is 5.37. The summed E-state index contributed by atoms with van der Waals surface area (Å²) in [7, 11) is 0. The van der Waals surface area contributed by atoms with Crippen LogP contribution >= 0.6 is 0 Å². The molecule has 1 aliphatic heterocycles. The Hall–Kier alpha value is -1.13. The summed E-state index contributed by atoms with van der Waals surface area (Å²) in [4.78, 5) is 0. The van der Waals surface area contributed by atoms with Gasteiger partial charge < -0.3 is 15.2 Å². The maximum absolute atomic E-state index is 13.1. The normalized spacial score (nSPS) is 23.6. The molecule has 3 nitrogen and oxygen atoms in total. The molecule has 3 rings (SSSR count). The predicted octanol–water partition coefficient (Wildman–Crippen LogP) is 1.49. The van der Waals surface area contributed by atoms with Gasteiger partial charge in [0, 0.05) is 37.1 Å². The van der Waals surface area contributed by atoms with Crippen LogP contribution in [0.15, 0.2) is 18.2 Å². The zero-order valence-corrected chi connectivity index (χ0v) is 10.3. The maximum Gasteiger partial charge on any atom is 0.123 e. The Balaban J connectivity index is 1.49. The second kappa shape index (κ2) is 4.52. The number of hydrogen-bond acceptors (Lipinski definition) is 3. The van der Waals surface area contributed by atoms with E-state index in [1.54, 1.807) is 12.1 Å². The summed E-state index contributed by atoms with van der Waals surface area (Å²) in [6.07, 6.45) is 3.05. The summed E-state index contributed by atoms with van der Waals surface area (Å²) in [5, 5.41) is 12.6. The average Bonchev–Trinajstić information content (AvgIpc) is 3.02. The molecule has 1 aromatic carbocycles. The molecule has 18 heavy (non-hydrogen) atoms. The van der Waals surface area contributed by atoms with Crippen LogP contribution in [0.2, 0.25) is 0 Å². The van der Waals surface area contributed by atoms with Crippen molar-refractivity contribution in [1.29, 1.82) is 0 Å². The van der Waals surface area contributed by atoms with Crippen molar-refractivity contribution in [2.75, 3.05) is 19.7 Å². The van der Waals surface area contributed by atoms with Gasteiger partial charge in [-0.2, -0.15) is 0 Å². The van der Waals surface area contributed by atoms with Gasteiger partial charge in [-0.25, -0.2) is 4.39 Å². The third-order valence-corrected chi connectivity index (χ3v) is 3.93. The van der Waals surface area contributed by atoms with E-state index in [1.165, 1.54) is 6.07 Å². The van der Waals surface area contributed by atoms with Crippen LogP contribution < -0.4 is 10.1 Å². The summed E-state index contributed by atoms with van der Waals surface area (Å²) in [5.74, 6) is 0.592. The molecule has 0 bridgehead atoms. The predicted molar refractivity (Wildman–Crippen MR) is 66.1 cm³/mol. The van der Waals surface area contributed by atoms with Crippen LogP contribution in [0.25, 0.3) is 0 Å². The Bertz CT molecular complexity index is 445. The lowest BCUT2D eigenvalue weighted by atomic mass is 10.1. The monoisotopic (exact) mass is 251 g/mol. The van der Waals surface area contributed by atoms with E-state index in [4.69, 9.17) is 4.74 Å². The van der Waals surface area contributed by atoms with Crippen LogP contribution in [0, 0.1) is 11.2 Å². The van der Waals surface area contributed by atoms with Crippen LogP contribution in [0.5, 0.6) is 5.75 Å². The minimum absolute atomic E-state index is 0.0799. The largest absolute Gasteiger partial charge is 0.488 e. The van der Waals surface area contributed by atoms with Crippen molar-refractivity contribution in [3.63, 3.8) is 0 Å². The Morgan fingerprint density at radius 3 is 3.00 bits per heavy atom. The zero-order chi connectivity index (χ0) is 12.6. The number of ether oxygens (including phenoxy) is 1. The van der Waals surface area contributed by atoms with Crippen LogP contribution in [-0.2, 0) is 6.42 Å². The van der Waals surface area contributed by atoms with Gasteiger partial charge in [-0.1, -0.05) is 0 Å². The van der Waals surface area contributed by atoms with Crippen molar-refractivity contribution >= 4 is 0 Å². The molecule has 1 saturated carbocycles. The van der Waals surface area contributed by atoms with Crippen molar-refractivity contribution in [3.05, 3.63) is 29.6 Å². The summed E-state index contributed by atoms with van der Waals surface area (Å²) in [5.41, 5.74) is 1.07. The van der Waals surface area contributed by atoms with Crippen molar-refractivity contribution < 1.29 is 14.2 Å². The molecular formula is C14H18FNO2. The lowest BCUT2D eigenvalue weighted by Gasteiger charge is -2.16. The number of fused-ring (bicyclic) bond motifs is 1. The second-order valence-electron chi connectivity index (χ2n) is 5.49. The van der Waals surface area contributed by atoms with Gasteiger partial charge in [-0.15, -0.1) is 0 Å². The molecule has 1 aliphatic carbocycles. The molecule has 1 unspecified atom stereocenters.